The Kier molecular flexibility index (Phi) is 11.2. The molecule has 1 aliphatic carbocycles. The van der Waals surface area contributed by atoms with Gasteiger partial charge in [0.1, 0.15) is 0 Å². The molecule has 136 valence electrons. The first-order valence-corrected chi connectivity index (χ1v) is 8.47. The zero-order valence-corrected chi connectivity index (χ0v) is 17.1. The highest BCUT2D eigenvalue weighted by atomic mass is 16.1. The van der Waals surface area contributed by atoms with Crippen molar-refractivity contribution >= 4 is 11.6 Å². The van der Waals surface area contributed by atoms with E-state index in [0.717, 1.165) is 35.1 Å². The monoisotopic (exact) mass is 332 g/mol. The van der Waals surface area contributed by atoms with Crippen LogP contribution < -0.4 is 0 Å². The molecule has 0 aliphatic heterocycles. The lowest BCUT2D eigenvalue weighted by atomic mass is 9.71. The second kappa shape index (κ2) is 11.0. The number of carbonyl (C=O) groups is 2. The smallest absolute Gasteiger partial charge is 0.159 e. The van der Waals surface area contributed by atoms with E-state index < -0.39 is 0 Å². The maximum atomic E-state index is 11.4. The number of Topliss-reactive ketones (excluding diaryl/α,β-unsaturated/α-hetero) is 2. The molecule has 2 nitrogen and oxygen atoms in total. The molecule has 1 rings (SSSR count). The molecule has 0 heterocycles. The van der Waals surface area contributed by atoms with Crippen LogP contribution in [0.1, 0.15) is 74.7 Å². The highest BCUT2D eigenvalue weighted by Crippen LogP contribution is 2.40. The third-order valence-electron chi connectivity index (χ3n) is 4.09. The van der Waals surface area contributed by atoms with Gasteiger partial charge in [0.15, 0.2) is 11.6 Å². The zero-order valence-electron chi connectivity index (χ0n) is 17.1. The molecule has 1 aliphatic rings. The third kappa shape index (κ3) is 7.72. The normalized spacial score (nSPS) is 15.2. The maximum absolute atomic E-state index is 11.4. The Morgan fingerprint density at radius 1 is 1.00 bits per heavy atom. The minimum absolute atomic E-state index is 0.104. The first-order chi connectivity index (χ1) is 10.9. The largest absolute Gasteiger partial charge is 0.295 e. The third-order valence-corrected chi connectivity index (χ3v) is 4.09. The summed E-state index contributed by atoms with van der Waals surface area (Å²) in [4.78, 5) is 22.3. The van der Waals surface area contributed by atoms with Crippen molar-refractivity contribution in [1.82, 2.24) is 0 Å². The average Bonchev–Trinajstić information content (AvgIpc) is 2.38. The molecule has 0 aromatic carbocycles. The number of hydrogen-bond donors (Lipinski definition) is 0. The molecule has 24 heavy (non-hydrogen) atoms. The number of hydrogen-bond acceptors (Lipinski definition) is 2. The van der Waals surface area contributed by atoms with Crippen LogP contribution >= 0.6 is 0 Å². The lowest BCUT2D eigenvalue weighted by Gasteiger charge is -2.32. The number of rotatable bonds is 3. The van der Waals surface area contributed by atoms with E-state index in [1.54, 1.807) is 13.8 Å². The Bertz CT molecular complexity index is 522. The molecule has 0 fully saturated rings. The van der Waals surface area contributed by atoms with Crippen molar-refractivity contribution in [1.29, 1.82) is 0 Å². The molecular weight excluding hydrogens is 296 g/mol. The van der Waals surface area contributed by atoms with Crippen LogP contribution in [0.4, 0.5) is 0 Å². The van der Waals surface area contributed by atoms with E-state index in [-0.39, 0.29) is 17.0 Å². The topological polar surface area (TPSA) is 34.1 Å². The molecule has 0 saturated carbocycles. The SMILES string of the molecule is C=C.C=C(C)C(C(C)=O)=C(C)C.CC(=O)C1=C(C)CCCC1(C)C. The lowest BCUT2D eigenvalue weighted by molar-refractivity contribution is -0.115. The molecule has 0 aromatic rings. The van der Waals surface area contributed by atoms with Crippen molar-refractivity contribution < 1.29 is 9.59 Å². The average molecular weight is 333 g/mol. The van der Waals surface area contributed by atoms with E-state index in [1.807, 2.05) is 20.8 Å². The number of carbonyl (C=O) groups excluding carboxylic acids is 2. The molecular formula is C22H36O2. The van der Waals surface area contributed by atoms with Crippen molar-refractivity contribution in [2.45, 2.75) is 74.7 Å². The van der Waals surface area contributed by atoms with Crippen LogP contribution in [-0.2, 0) is 9.59 Å². The highest BCUT2D eigenvalue weighted by Gasteiger charge is 2.30. The van der Waals surface area contributed by atoms with Gasteiger partial charge in [0.2, 0.25) is 0 Å². The van der Waals surface area contributed by atoms with Gasteiger partial charge >= 0.3 is 0 Å². The minimum Gasteiger partial charge on any atom is -0.295 e. The lowest BCUT2D eigenvalue weighted by Crippen LogP contribution is -2.24. The first kappa shape index (κ1) is 24.6. The van der Waals surface area contributed by atoms with Crippen molar-refractivity contribution in [2.75, 3.05) is 0 Å². The fourth-order valence-electron chi connectivity index (χ4n) is 3.48. The van der Waals surface area contributed by atoms with Crippen LogP contribution in [0.5, 0.6) is 0 Å². The summed E-state index contributed by atoms with van der Waals surface area (Å²) in [6.45, 7) is 25.1. The molecule has 0 aromatic heterocycles. The van der Waals surface area contributed by atoms with E-state index in [2.05, 4.69) is 40.5 Å². The molecule has 0 unspecified atom stereocenters. The minimum atomic E-state index is 0.104. The molecule has 0 amide bonds. The predicted molar refractivity (Wildman–Crippen MR) is 106 cm³/mol. The second-order valence-corrected chi connectivity index (χ2v) is 7.16. The zero-order chi connectivity index (χ0) is 19.7. The van der Waals surface area contributed by atoms with Crippen molar-refractivity contribution in [3.05, 3.63) is 47.6 Å². The summed E-state index contributed by atoms with van der Waals surface area (Å²) in [6, 6.07) is 0. The van der Waals surface area contributed by atoms with Gasteiger partial charge in [-0.15, -0.1) is 13.2 Å². The second-order valence-electron chi connectivity index (χ2n) is 7.16. The van der Waals surface area contributed by atoms with Gasteiger partial charge in [-0.2, -0.15) is 0 Å². The van der Waals surface area contributed by atoms with E-state index >= 15 is 0 Å². The predicted octanol–water partition coefficient (Wildman–Crippen LogP) is 6.39. The van der Waals surface area contributed by atoms with Gasteiger partial charge in [-0.05, 0) is 77.4 Å². The Morgan fingerprint density at radius 3 is 1.62 bits per heavy atom. The summed E-state index contributed by atoms with van der Waals surface area (Å²) >= 11 is 0. The van der Waals surface area contributed by atoms with Crippen LogP contribution in [0.2, 0.25) is 0 Å². The van der Waals surface area contributed by atoms with Crippen LogP contribution in [0, 0.1) is 5.41 Å². The Labute approximate surface area is 149 Å². The van der Waals surface area contributed by atoms with E-state index in [0.29, 0.717) is 0 Å². The summed E-state index contributed by atoms with van der Waals surface area (Å²) in [5.74, 6) is 0.365. The summed E-state index contributed by atoms with van der Waals surface area (Å²) in [7, 11) is 0. The van der Waals surface area contributed by atoms with Crippen LogP contribution in [0.15, 0.2) is 47.6 Å². The summed E-state index contributed by atoms with van der Waals surface area (Å²) < 4.78 is 0. The Morgan fingerprint density at radius 2 is 1.46 bits per heavy atom. The van der Waals surface area contributed by atoms with Gasteiger partial charge in [-0.1, -0.05) is 31.6 Å². The number of ketones is 2. The molecule has 0 N–H and O–H groups in total. The maximum Gasteiger partial charge on any atom is 0.159 e. The molecule has 0 saturated heterocycles. The van der Waals surface area contributed by atoms with E-state index in [4.69, 9.17) is 0 Å². The summed E-state index contributed by atoms with van der Waals surface area (Å²) in [5.41, 5.74) is 5.17. The van der Waals surface area contributed by atoms with Crippen LogP contribution in [-0.4, -0.2) is 11.6 Å². The van der Waals surface area contributed by atoms with E-state index in [1.165, 1.54) is 12.0 Å². The van der Waals surface area contributed by atoms with Crippen LogP contribution in [0.25, 0.3) is 0 Å². The molecule has 2 heteroatoms. The van der Waals surface area contributed by atoms with Crippen molar-refractivity contribution in [2.24, 2.45) is 5.41 Å². The molecule has 0 bridgehead atoms. The molecule has 0 spiro atoms. The standard InChI is InChI=1S/C11H18O.C9H14O.C2H4/c1-8-6-5-7-11(3,4)10(8)9(2)12;1-6(2)9(7(3)4)8(5)10;1-2/h5-7H2,1-4H3;1H2,2-5H3;1-2H2. The van der Waals surface area contributed by atoms with Gasteiger partial charge in [0, 0.05) is 5.57 Å². The van der Waals surface area contributed by atoms with Crippen molar-refractivity contribution in [3.63, 3.8) is 0 Å². The fraction of sp³-hybridized carbons (Fsp3) is 0.545. The van der Waals surface area contributed by atoms with Crippen LogP contribution in [0.3, 0.4) is 0 Å². The van der Waals surface area contributed by atoms with Gasteiger partial charge in [0.25, 0.3) is 0 Å². The fourth-order valence-corrected chi connectivity index (χ4v) is 3.48. The Hall–Kier alpha value is -1.70. The van der Waals surface area contributed by atoms with Gasteiger partial charge < -0.3 is 0 Å². The number of allylic oxidation sites excluding steroid dienone is 5. The van der Waals surface area contributed by atoms with Gasteiger partial charge in [0.05, 0.1) is 0 Å². The van der Waals surface area contributed by atoms with Gasteiger partial charge in [-0.25, -0.2) is 0 Å². The summed E-state index contributed by atoms with van der Waals surface area (Å²) in [6.07, 6.45) is 3.49. The van der Waals surface area contributed by atoms with Crippen molar-refractivity contribution in [3.8, 4) is 0 Å². The quantitative estimate of drug-likeness (QED) is 0.341. The van der Waals surface area contributed by atoms with Gasteiger partial charge in [-0.3, -0.25) is 9.59 Å². The molecule has 0 radical (unpaired) electrons. The van der Waals surface area contributed by atoms with E-state index in [9.17, 15) is 9.59 Å². The Balaban J connectivity index is 0. The summed E-state index contributed by atoms with van der Waals surface area (Å²) in [5, 5.41) is 0. The first-order valence-electron chi connectivity index (χ1n) is 8.47. The highest BCUT2D eigenvalue weighted by molar-refractivity contribution is 5.98. The molecule has 0 atom stereocenters.